The van der Waals surface area contributed by atoms with Crippen molar-refractivity contribution in [2.45, 2.75) is 0 Å². The van der Waals surface area contributed by atoms with Crippen LogP contribution in [0.25, 0.3) is 10.2 Å². The van der Waals surface area contributed by atoms with Gasteiger partial charge in [-0.2, -0.15) is 0 Å². The Balaban J connectivity index is 2.82. The number of hydrogen-bond donors (Lipinski definition) is 1. The second-order valence-corrected chi connectivity index (χ2v) is 4.07. The molecular formula is C10H12N2O3S. The molecule has 0 aliphatic heterocycles. The van der Waals surface area contributed by atoms with E-state index in [-0.39, 0.29) is 0 Å². The smallest absolute Gasteiger partial charge is 0.188 e. The third-order valence-corrected chi connectivity index (χ3v) is 3.11. The number of aromatic nitrogens is 1. The van der Waals surface area contributed by atoms with E-state index < -0.39 is 0 Å². The van der Waals surface area contributed by atoms with Crippen LogP contribution in [0.4, 0.5) is 5.13 Å². The van der Waals surface area contributed by atoms with Gasteiger partial charge in [0.2, 0.25) is 0 Å². The second-order valence-electron chi connectivity index (χ2n) is 3.04. The zero-order chi connectivity index (χ0) is 11.7. The first-order valence-corrected chi connectivity index (χ1v) is 5.38. The predicted molar refractivity (Wildman–Crippen MR) is 63.7 cm³/mol. The van der Waals surface area contributed by atoms with Crippen molar-refractivity contribution >= 4 is 26.7 Å². The molecule has 0 amide bonds. The third kappa shape index (κ3) is 1.51. The van der Waals surface area contributed by atoms with Crippen molar-refractivity contribution in [3.05, 3.63) is 6.07 Å². The van der Waals surface area contributed by atoms with Crippen LogP contribution < -0.4 is 19.9 Å². The van der Waals surface area contributed by atoms with Gasteiger partial charge in [-0.1, -0.05) is 11.3 Å². The molecule has 0 atom stereocenters. The molecule has 0 unspecified atom stereocenters. The molecule has 1 heterocycles. The molecule has 0 radical (unpaired) electrons. The number of nitrogens with zero attached hydrogens (tertiary/aromatic N) is 1. The molecule has 5 nitrogen and oxygen atoms in total. The summed E-state index contributed by atoms with van der Waals surface area (Å²) in [6.07, 6.45) is 0. The predicted octanol–water partition coefficient (Wildman–Crippen LogP) is 1.90. The highest BCUT2D eigenvalue weighted by atomic mass is 32.1. The number of anilines is 1. The molecule has 0 spiro atoms. The quantitative estimate of drug-likeness (QED) is 0.887. The second kappa shape index (κ2) is 4.05. The summed E-state index contributed by atoms with van der Waals surface area (Å²) in [4.78, 5) is 4.21. The molecule has 16 heavy (non-hydrogen) atoms. The summed E-state index contributed by atoms with van der Waals surface area (Å²) in [5.74, 6) is 1.84. The molecular weight excluding hydrogens is 228 g/mol. The topological polar surface area (TPSA) is 66.6 Å². The maximum atomic E-state index is 5.68. The van der Waals surface area contributed by atoms with Gasteiger partial charge in [0.25, 0.3) is 0 Å². The number of ether oxygens (including phenoxy) is 3. The van der Waals surface area contributed by atoms with Crippen LogP contribution in [0.5, 0.6) is 17.2 Å². The first-order valence-electron chi connectivity index (χ1n) is 4.56. The lowest BCUT2D eigenvalue weighted by atomic mass is 10.2. The van der Waals surface area contributed by atoms with Crippen LogP contribution in [-0.4, -0.2) is 26.3 Å². The summed E-state index contributed by atoms with van der Waals surface area (Å²) < 4.78 is 16.6. The van der Waals surface area contributed by atoms with Crippen LogP contribution in [0, 0.1) is 0 Å². The first kappa shape index (κ1) is 10.8. The molecule has 2 aromatic rings. The normalized spacial score (nSPS) is 10.4. The van der Waals surface area contributed by atoms with Gasteiger partial charge in [-0.25, -0.2) is 4.98 Å². The third-order valence-electron chi connectivity index (χ3n) is 2.21. The van der Waals surface area contributed by atoms with Crippen molar-refractivity contribution in [1.29, 1.82) is 0 Å². The molecule has 1 aromatic heterocycles. The Morgan fingerprint density at radius 1 is 1.12 bits per heavy atom. The zero-order valence-corrected chi connectivity index (χ0v) is 10.1. The number of hydrogen-bond acceptors (Lipinski definition) is 6. The molecule has 1 aromatic carbocycles. The van der Waals surface area contributed by atoms with E-state index in [1.807, 2.05) is 0 Å². The van der Waals surface area contributed by atoms with Gasteiger partial charge >= 0.3 is 0 Å². The standard InChI is InChI=1S/C10H12N2O3S/c1-13-5-4-6(14-2)9-7(8(5)15-3)12-10(11)16-9/h4H,1-3H3,(H2,11,12). The van der Waals surface area contributed by atoms with Crippen LogP contribution in [0.2, 0.25) is 0 Å². The Bertz CT molecular complexity index is 524. The Morgan fingerprint density at radius 3 is 2.38 bits per heavy atom. The Kier molecular flexibility index (Phi) is 2.74. The van der Waals surface area contributed by atoms with Crippen molar-refractivity contribution in [2.75, 3.05) is 27.1 Å². The maximum Gasteiger partial charge on any atom is 0.188 e. The van der Waals surface area contributed by atoms with Gasteiger partial charge in [0.05, 0.1) is 21.3 Å². The van der Waals surface area contributed by atoms with E-state index >= 15 is 0 Å². The van der Waals surface area contributed by atoms with Crippen LogP contribution in [-0.2, 0) is 0 Å². The molecule has 2 N–H and O–H groups in total. The molecule has 0 aliphatic carbocycles. The number of benzene rings is 1. The van der Waals surface area contributed by atoms with Gasteiger partial charge in [0.1, 0.15) is 16.0 Å². The molecule has 0 saturated heterocycles. The fourth-order valence-corrected chi connectivity index (χ4v) is 2.35. The summed E-state index contributed by atoms with van der Waals surface area (Å²) in [6.45, 7) is 0. The lowest BCUT2D eigenvalue weighted by molar-refractivity contribution is 0.353. The summed E-state index contributed by atoms with van der Waals surface area (Å²) in [5, 5.41) is 0.472. The highest BCUT2D eigenvalue weighted by Crippen LogP contribution is 2.44. The van der Waals surface area contributed by atoms with E-state index in [0.717, 1.165) is 4.70 Å². The summed E-state index contributed by atoms with van der Waals surface area (Å²) in [7, 11) is 4.73. The van der Waals surface area contributed by atoms with E-state index in [0.29, 0.717) is 27.9 Å². The average molecular weight is 240 g/mol. The van der Waals surface area contributed by atoms with E-state index in [4.69, 9.17) is 19.9 Å². The van der Waals surface area contributed by atoms with Crippen molar-refractivity contribution in [3.8, 4) is 17.2 Å². The van der Waals surface area contributed by atoms with Crippen LogP contribution >= 0.6 is 11.3 Å². The molecule has 6 heteroatoms. The van der Waals surface area contributed by atoms with E-state index in [1.165, 1.54) is 11.3 Å². The molecule has 0 fully saturated rings. The maximum absolute atomic E-state index is 5.68. The van der Waals surface area contributed by atoms with Gasteiger partial charge in [-0.05, 0) is 0 Å². The fraction of sp³-hybridized carbons (Fsp3) is 0.300. The summed E-state index contributed by atoms with van der Waals surface area (Å²) in [6, 6.07) is 1.76. The van der Waals surface area contributed by atoms with Crippen LogP contribution in [0.3, 0.4) is 0 Å². The molecule has 86 valence electrons. The van der Waals surface area contributed by atoms with Crippen LogP contribution in [0.1, 0.15) is 0 Å². The van der Waals surface area contributed by atoms with Gasteiger partial charge in [0.15, 0.2) is 16.6 Å². The Hall–Kier alpha value is -1.69. The minimum Gasteiger partial charge on any atom is -0.495 e. The van der Waals surface area contributed by atoms with Crippen molar-refractivity contribution in [3.63, 3.8) is 0 Å². The SMILES string of the molecule is COc1cc(OC)c2sc(N)nc2c1OC. The lowest BCUT2D eigenvalue weighted by Gasteiger charge is -2.10. The number of thiazole rings is 1. The summed E-state index contributed by atoms with van der Waals surface area (Å²) >= 11 is 1.36. The number of fused-ring (bicyclic) bond motifs is 1. The molecule has 2 rings (SSSR count). The number of nitrogen functional groups attached to an aromatic ring is 1. The monoisotopic (exact) mass is 240 g/mol. The number of nitrogens with two attached hydrogens (primary N) is 1. The Labute approximate surface area is 96.7 Å². The number of rotatable bonds is 3. The Morgan fingerprint density at radius 2 is 1.81 bits per heavy atom. The summed E-state index contributed by atoms with van der Waals surface area (Å²) in [5.41, 5.74) is 6.35. The van der Waals surface area contributed by atoms with E-state index in [2.05, 4.69) is 4.98 Å². The largest absolute Gasteiger partial charge is 0.495 e. The van der Waals surface area contributed by atoms with Gasteiger partial charge in [0, 0.05) is 6.07 Å². The molecule has 0 aliphatic rings. The van der Waals surface area contributed by atoms with E-state index in [1.54, 1.807) is 27.4 Å². The first-order chi connectivity index (χ1) is 7.71. The fourth-order valence-electron chi connectivity index (χ4n) is 1.52. The minimum atomic E-state index is 0.472. The molecule has 0 saturated carbocycles. The van der Waals surface area contributed by atoms with Gasteiger partial charge < -0.3 is 19.9 Å². The minimum absolute atomic E-state index is 0.472. The van der Waals surface area contributed by atoms with Crippen molar-refractivity contribution in [1.82, 2.24) is 4.98 Å². The van der Waals surface area contributed by atoms with Crippen LogP contribution in [0.15, 0.2) is 6.07 Å². The van der Waals surface area contributed by atoms with Crippen molar-refractivity contribution in [2.24, 2.45) is 0 Å². The average Bonchev–Trinajstić information content (AvgIpc) is 2.67. The molecule has 0 bridgehead atoms. The van der Waals surface area contributed by atoms with Gasteiger partial charge in [-0.15, -0.1) is 0 Å². The van der Waals surface area contributed by atoms with E-state index in [9.17, 15) is 0 Å². The number of methoxy groups -OCH3 is 3. The van der Waals surface area contributed by atoms with Crippen molar-refractivity contribution < 1.29 is 14.2 Å². The highest BCUT2D eigenvalue weighted by molar-refractivity contribution is 7.22. The van der Waals surface area contributed by atoms with Gasteiger partial charge in [-0.3, -0.25) is 0 Å². The lowest BCUT2D eigenvalue weighted by Crippen LogP contribution is -1.93. The highest BCUT2D eigenvalue weighted by Gasteiger charge is 2.17. The zero-order valence-electron chi connectivity index (χ0n) is 9.23.